The Morgan fingerprint density at radius 2 is 2.29 bits per heavy atom. The molecule has 0 aromatic carbocycles. The smallest absolute Gasteiger partial charge is 0.319 e. The lowest BCUT2D eigenvalue weighted by Gasteiger charge is -2.06. The van der Waals surface area contributed by atoms with Gasteiger partial charge in [0.2, 0.25) is 5.15 Å². The highest BCUT2D eigenvalue weighted by Gasteiger charge is 2.24. The van der Waals surface area contributed by atoms with Crippen LogP contribution < -0.4 is 5.32 Å². The monoisotopic (exact) mass is 309 g/mol. The number of nitrogens with zero attached hydrogens (tertiary/aromatic N) is 4. The van der Waals surface area contributed by atoms with Crippen molar-refractivity contribution in [2.75, 3.05) is 0 Å². The SMILES string of the molecule is Cc1c(CNC(=O)c2ccnc(Cl)c2[N+](=O)[O-])cnn1C. The van der Waals surface area contributed by atoms with Crippen LogP contribution in [0.2, 0.25) is 5.15 Å². The van der Waals surface area contributed by atoms with Gasteiger partial charge < -0.3 is 5.32 Å². The van der Waals surface area contributed by atoms with Crippen molar-refractivity contribution in [3.8, 4) is 0 Å². The molecular weight excluding hydrogens is 298 g/mol. The molecule has 2 aromatic rings. The van der Waals surface area contributed by atoms with Crippen LogP contribution >= 0.6 is 11.6 Å². The van der Waals surface area contributed by atoms with E-state index in [2.05, 4.69) is 15.4 Å². The summed E-state index contributed by atoms with van der Waals surface area (Å²) in [6.45, 7) is 2.08. The molecule has 1 amide bonds. The molecular formula is C12H12ClN5O3. The predicted octanol–water partition coefficient (Wildman–Crippen LogP) is 1.62. The fraction of sp³-hybridized carbons (Fsp3) is 0.250. The van der Waals surface area contributed by atoms with E-state index in [1.54, 1.807) is 17.9 Å². The Hall–Kier alpha value is -2.48. The largest absolute Gasteiger partial charge is 0.348 e. The van der Waals surface area contributed by atoms with Crippen molar-refractivity contribution in [3.05, 3.63) is 50.5 Å². The van der Waals surface area contributed by atoms with E-state index in [0.717, 1.165) is 11.3 Å². The minimum Gasteiger partial charge on any atom is -0.348 e. The second kappa shape index (κ2) is 5.88. The Morgan fingerprint density at radius 1 is 1.57 bits per heavy atom. The number of aryl methyl sites for hydroxylation is 1. The fourth-order valence-corrected chi connectivity index (χ4v) is 2.00. The first-order valence-electron chi connectivity index (χ1n) is 5.96. The first-order chi connectivity index (χ1) is 9.91. The van der Waals surface area contributed by atoms with Crippen LogP contribution in [0.1, 0.15) is 21.6 Å². The van der Waals surface area contributed by atoms with E-state index in [0.29, 0.717) is 0 Å². The van der Waals surface area contributed by atoms with E-state index < -0.39 is 16.5 Å². The maximum absolute atomic E-state index is 12.1. The Labute approximate surface area is 124 Å². The molecule has 2 rings (SSSR count). The Bertz CT molecular complexity index is 713. The molecule has 0 aliphatic carbocycles. The maximum atomic E-state index is 12.1. The lowest BCUT2D eigenvalue weighted by molar-refractivity contribution is -0.385. The van der Waals surface area contributed by atoms with Crippen LogP contribution in [-0.2, 0) is 13.6 Å². The van der Waals surface area contributed by atoms with Crippen molar-refractivity contribution in [3.63, 3.8) is 0 Å². The van der Waals surface area contributed by atoms with Crippen molar-refractivity contribution in [1.82, 2.24) is 20.1 Å². The Kier molecular flexibility index (Phi) is 4.18. The van der Waals surface area contributed by atoms with Gasteiger partial charge in [-0.05, 0) is 13.0 Å². The molecule has 9 heteroatoms. The van der Waals surface area contributed by atoms with Gasteiger partial charge in [-0.1, -0.05) is 11.6 Å². The van der Waals surface area contributed by atoms with Gasteiger partial charge in [0.1, 0.15) is 5.56 Å². The Balaban J connectivity index is 2.20. The van der Waals surface area contributed by atoms with Crippen LogP contribution in [0.15, 0.2) is 18.5 Å². The zero-order valence-electron chi connectivity index (χ0n) is 11.3. The highest BCUT2D eigenvalue weighted by Crippen LogP contribution is 2.25. The van der Waals surface area contributed by atoms with Crippen LogP contribution in [-0.4, -0.2) is 25.6 Å². The number of hydrogen-bond acceptors (Lipinski definition) is 5. The molecule has 0 spiro atoms. The number of halogens is 1. The molecule has 0 aliphatic heterocycles. The minimum absolute atomic E-state index is 0.124. The molecule has 0 atom stereocenters. The molecule has 2 heterocycles. The van der Waals surface area contributed by atoms with Gasteiger partial charge in [-0.2, -0.15) is 5.10 Å². The van der Waals surface area contributed by atoms with Crippen LogP contribution in [0.25, 0.3) is 0 Å². The van der Waals surface area contributed by atoms with Gasteiger partial charge in [-0.25, -0.2) is 4.98 Å². The molecule has 8 nitrogen and oxygen atoms in total. The van der Waals surface area contributed by atoms with E-state index >= 15 is 0 Å². The minimum atomic E-state index is -0.723. The number of carbonyl (C=O) groups excluding carboxylic acids is 1. The normalized spacial score (nSPS) is 10.4. The predicted molar refractivity (Wildman–Crippen MR) is 75.0 cm³/mol. The number of carbonyl (C=O) groups is 1. The fourth-order valence-electron chi connectivity index (χ4n) is 1.77. The van der Waals surface area contributed by atoms with E-state index in [9.17, 15) is 14.9 Å². The topological polar surface area (TPSA) is 103 Å². The van der Waals surface area contributed by atoms with Gasteiger partial charge >= 0.3 is 5.69 Å². The number of rotatable bonds is 4. The quantitative estimate of drug-likeness (QED) is 0.525. The molecule has 2 aromatic heterocycles. The summed E-state index contributed by atoms with van der Waals surface area (Å²) in [4.78, 5) is 25.9. The zero-order valence-corrected chi connectivity index (χ0v) is 12.1. The molecule has 0 bridgehead atoms. The molecule has 21 heavy (non-hydrogen) atoms. The zero-order chi connectivity index (χ0) is 15.6. The highest BCUT2D eigenvalue weighted by molar-refractivity contribution is 6.32. The number of aromatic nitrogens is 3. The summed E-state index contributed by atoms with van der Waals surface area (Å²) in [5.41, 5.74) is 1.10. The van der Waals surface area contributed by atoms with Crippen molar-refractivity contribution in [2.45, 2.75) is 13.5 Å². The molecule has 110 valence electrons. The van der Waals surface area contributed by atoms with Gasteiger partial charge in [0, 0.05) is 31.0 Å². The summed E-state index contributed by atoms with van der Waals surface area (Å²) >= 11 is 5.67. The lowest BCUT2D eigenvalue weighted by Crippen LogP contribution is -2.24. The van der Waals surface area contributed by atoms with Crippen molar-refractivity contribution < 1.29 is 9.72 Å². The van der Waals surface area contributed by atoms with Gasteiger partial charge in [0.05, 0.1) is 11.1 Å². The average Bonchev–Trinajstić information content (AvgIpc) is 2.75. The van der Waals surface area contributed by atoms with E-state index in [1.165, 1.54) is 12.3 Å². The average molecular weight is 310 g/mol. The molecule has 0 fully saturated rings. The molecule has 0 saturated heterocycles. The van der Waals surface area contributed by atoms with Gasteiger partial charge in [-0.3, -0.25) is 19.6 Å². The van der Waals surface area contributed by atoms with E-state index in [4.69, 9.17) is 11.6 Å². The number of amides is 1. The highest BCUT2D eigenvalue weighted by atomic mass is 35.5. The Morgan fingerprint density at radius 3 is 2.86 bits per heavy atom. The number of nitrogens with one attached hydrogen (secondary N) is 1. The third-order valence-corrected chi connectivity index (χ3v) is 3.36. The second-order valence-electron chi connectivity index (χ2n) is 4.32. The van der Waals surface area contributed by atoms with Crippen LogP contribution in [0.3, 0.4) is 0 Å². The summed E-state index contributed by atoms with van der Waals surface area (Å²) in [7, 11) is 1.79. The summed E-state index contributed by atoms with van der Waals surface area (Å²) < 4.78 is 1.67. The van der Waals surface area contributed by atoms with Crippen LogP contribution in [0.5, 0.6) is 0 Å². The number of pyridine rings is 1. The first kappa shape index (κ1) is 14.9. The number of hydrogen-bond donors (Lipinski definition) is 1. The van der Waals surface area contributed by atoms with Gasteiger partial charge in [0.15, 0.2) is 0 Å². The molecule has 0 unspecified atom stereocenters. The summed E-state index contributed by atoms with van der Waals surface area (Å²) in [6.07, 6.45) is 2.88. The van der Waals surface area contributed by atoms with Gasteiger partial charge in [0.25, 0.3) is 5.91 Å². The van der Waals surface area contributed by atoms with E-state index in [1.807, 2.05) is 6.92 Å². The van der Waals surface area contributed by atoms with E-state index in [-0.39, 0.29) is 17.3 Å². The standard InChI is InChI=1S/C12H12ClN5O3/c1-7-8(6-16-17(7)2)5-15-12(19)9-3-4-14-11(13)10(9)18(20)21/h3-4,6H,5H2,1-2H3,(H,15,19). The molecule has 0 radical (unpaired) electrons. The lowest BCUT2D eigenvalue weighted by atomic mass is 10.2. The van der Waals surface area contributed by atoms with Gasteiger partial charge in [-0.15, -0.1) is 0 Å². The molecule has 1 N–H and O–H groups in total. The van der Waals surface area contributed by atoms with Crippen LogP contribution in [0, 0.1) is 17.0 Å². The third-order valence-electron chi connectivity index (χ3n) is 3.08. The van der Waals surface area contributed by atoms with Crippen molar-refractivity contribution >= 4 is 23.2 Å². The van der Waals surface area contributed by atoms with Crippen LogP contribution in [0.4, 0.5) is 5.69 Å². The summed E-state index contributed by atoms with van der Waals surface area (Å²) in [5, 5.41) is 17.3. The molecule has 0 aliphatic rings. The summed E-state index contributed by atoms with van der Waals surface area (Å²) in [6, 6.07) is 1.26. The maximum Gasteiger partial charge on any atom is 0.319 e. The summed E-state index contributed by atoms with van der Waals surface area (Å²) in [5.74, 6) is -0.589. The second-order valence-corrected chi connectivity index (χ2v) is 4.67. The van der Waals surface area contributed by atoms with Crippen molar-refractivity contribution in [1.29, 1.82) is 0 Å². The first-order valence-corrected chi connectivity index (χ1v) is 6.34. The molecule has 0 saturated carbocycles. The number of nitro groups is 1. The van der Waals surface area contributed by atoms with Crippen molar-refractivity contribution in [2.24, 2.45) is 7.05 Å². The third kappa shape index (κ3) is 3.00.